The lowest BCUT2D eigenvalue weighted by Crippen LogP contribution is -2.45. The number of rotatable bonds is 8. The average Bonchev–Trinajstić information content (AvgIpc) is 3.03. The van der Waals surface area contributed by atoms with Crippen molar-refractivity contribution < 1.29 is 19.1 Å². The number of urea groups is 1. The van der Waals surface area contributed by atoms with E-state index in [2.05, 4.69) is 10.6 Å². The molecule has 1 aliphatic rings. The summed E-state index contributed by atoms with van der Waals surface area (Å²) >= 11 is 1.53. The maximum Gasteiger partial charge on any atom is 0.329 e. The first-order valence-electron chi connectivity index (χ1n) is 8.13. The number of primary amides is 1. The third kappa shape index (κ3) is 5.97. The molecule has 1 aliphatic carbocycles. The summed E-state index contributed by atoms with van der Waals surface area (Å²) in [6, 6.07) is 4.17. The van der Waals surface area contributed by atoms with Crippen molar-refractivity contribution in [1.82, 2.24) is 5.32 Å². The van der Waals surface area contributed by atoms with Crippen molar-refractivity contribution in [2.24, 2.45) is 5.73 Å². The molecule has 0 aromatic heterocycles. The number of carbonyl (C=O) groups excluding carboxylic acids is 3. The second-order valence-corrected chi connectivity index (χ2v) is 6.82. The Labute approximate surface area is 151 Å². The largest absolute Gasteiger partial charge is 0.454 e. The number of anilines is 1. The summed E-state index contributed by atoms with van der Waals surface area (Å²) < 4.78 is 5.00. The molecule has 1 atom stereocenters. The number of esters is 1. The third-order valence-corrected chi connectivity index (χ3v) is 4.58. The maximum absolute atomic E-state index is 12.0. The zero-order chi connectivity index (χ0) is 18.2. The Kier molecular flexibility index (Phi) is 7.12. The van der Waals surface area contributed by atoms with Crippen LogP contribution in [0.2, 0.25) is 0 Å². The number of thioether (sulfide) groups is 1. The van der Waals surface area contributed by atoms with E-state index in [9.17, 15) is 14.4 Å². The summed E-state index contributed by atoms with van der Waals surface area (Å²) in [5.41, 5.74) is 8.32. The lowest BCUT2D eigenvalue weighted by Gasteiger charge is -2.16. The number of nitrogens with two attached hydrogens (primary N) is 1. The smallest absolute Gasteiger partial charge is 0.329 e. The van der Waals surface area contributed by atoms with Gasteiger partial charge in [0.15, 0.2) is 6.61 Å². The van der Waals surface area contributed by atoms with E-state index in [1.165, 1.54) is 22.9 Å². The Morgan fingerprint density at radius 1 is 1.28 bits per heavy atom. The molecular weight excluding hydrogens is 342 g/mol. The van der Waals surface area contributed by atoms with Crippen molar-refractivity contribution in [3.05, 3.63) is 29.3 Å². The van der Waals surface area contributed by atoms with Crippen LogP contribution in [0.1, 0.15) is 24.0 Å². The van der Waals surface area contributed by atoms with Crippen molar-refractivity contribution in [3.8, 4) is 0 Å². The number of hydrogen-bond donors (Lipinski definition) is 3. The quantitative estimate of drug-likeness (QED) is 0.604. The van der Waals surface area contributed by atoms with E-state index in [4.69, 9.17) is 10.5 Å². The van der Waals surface area contributed by atoms with E-state index in [0.717, 1.165) is 19.3 Å². The van der Waals surface area contributed by atoms with Crippen molar-refractivity contribution in [3.63, 3.8) is 0 Å². The van der Waals surface area contributed by atoms with Gasteiger partial charge in [0, 0.05) is 5.69 Å². The first-order chi connectivity index (χ1) is 12.0. The summed E-state index contributed by atoms with van der Waals surface area (Å²) in [7, 11) is 0. The molecule has 2 rings (SSSR count). The highest BCUT2D eigenvalue weighted by molar-refractivity contribution is 7.98. The molecule has 7 nitrogen and oxygen atoms in total. The van der Waals surface area contributed by atoms with E-state index >= 15 is 0 Å². The van der Waals surface area contributed by atoms with E-state index < -0.39 is 30.6 Å². The Balaban J connectivity index is 1.83. The highest BCUT2D eigenvalue weighted by atomic mass is 32.2. The van der Waals surface area contributed by atoms with Gasteiger partial charge in [-0.25, -0.2) is 9.59 Å². The van der Waals surface area contributed by atoms with Gasteiger partial charge in [-0.3, -0.25) is 4.79 Å². The summed E-state index contributed by atoms with van der Waals surface area (Å²) in [6.07, 6.45) is 5.50. The molecule has 0 unspecified atom stereocenters. The van der Waals surface area contributed by atoms with E-state index in [-0.39, 0.29) is 0 Å². The van der Waals surface area contributed by atoms with Crippen LogP contribution in [0.3, 0.4) is 0 Å². The van der Waals surface area contributed by atoms with Gasteiger partial charge in [-0.05, 0) is 61.0 Å². The van der Waals surface area contributed by atoms with Gasteiger partial charge < -0.3 is 21.1 Å². The van der Waals surface area contributed by atoms with Gasteiger partial charge in [0.05, 0.1) is 0 Å². The monoisotopic (exact) mass is 365 g/mol. The predicted octanol–water partition coefficient (Wildman–Crippen LogP) is 1.45. The van der Waals surface area contributed by atoms with Crippen molar-refractivity contribution in [2.45, 2.75) is 31.7 Å². The number of nitrogens with one attached hydrogen (secondary N) is 2. The van der Waals surface area contributed by atoms with Gasteiger partial charge in [0.25, 0.3) is 5.91 Å². The zero-order valence-corrected chi connectivity index (χ0v) is 15.0. The lowest BCUT2D eigenvalue weighted by molar-refractivity contribution is -0.149. The molecule has 0 saturated carbocycles. The van der Waals surface area contributed by atoms with Crippen molar-refractivity contribution in [2.75, 3.05) is 23.9 Å². The summed E-state index contributed by atoms with van der Waals surface area (Å²) in [4.78, 5) is 35.0. The van der Waals surface area contributed by atoms with E-state index in [0.29, 0.717) is 17.9 Å². The fourth-order valence-corrected chi connectivity index (χ4v) is 3.21. The molecule has 8 heteroatoms. The molecule has 3 amide bonds. The second-order valence-electron chi connectivity index (χ2n) is 5.84. The molecule has 4 N–H and O–H groups in total. The van der Waals surface area contributed by atoms with Crippen LogP contribution in [-0.4, -0.2) is 42.6 Å². The summed E-state index contributed by atoms with van der Waals surface area (Å²) in [5.74, 6) is -0.438. The van der Waals surface area contributed by atoms with Crippen LogP contribution in [0, 0.1) is 0 Å². The van der Waals surface area contributed by atoms with Gasteiger partial charge >= 0.3 is 12.0 Å². The van der Waals surface area contributed by atoms with Crippen molar-refractivity contribution in [1.29, 1.82) is 0 Å². The van der Waals surface area contributed by atoms with E-state index in [1.807, 2.05) is 24.5 Å². The fraction of sp³-hybridized carbons (Fsp3) is 0.471. The van der Waals surface area contributed by atoms with Crippen LogP contribution in [0.5, 0.6) is 0 Å². The normalized spacial score (nSPS) is 13.6. The molecule has 0 radical (unpaired) electrons. The van der Waals surface area contributed by atoms with Crippen LogP contribution in [-0.2, 0) is 27.2 Å². The summed E-state index contributed by atoms with van der Waals surface area (Å²) in [6.45, 7) is -0.411. The lowest BCUT2D eigenvalue weighted by atomic mass is 10.1. The molecule has 0 heterocycles. The molecule has 25 heavy (non-hydrogen) atoms. The minimum Gasteiger partial charge on any atom is -0.454 e. The average molecular weight is 365 g/mol. The third-order valence-electron chi connectivity index (χ3n) is 3.94. The van der Waals surface area contributed by atoms with Crippen LogP contribution < -0.4 is 16.4 Å². The minimum atomic E-state index is -0.849. The highest BCUT2D eigenvalue weighted by Crippen LogP contribution is 2.24. The fourth-order valence-electron chi connectivity index (χ4n) is 2.74. The van der Waals surface area contributed by atoms with Gasteiger partial charge in [0.1, 0.15) is 6.04 Å². The molecule has 1 aromatic rings. The number of benzene rings is 1. The van der Waals surface area contributed by atoms with Crippen LogP contribution in [0.25, 0.3) is 0 Å². The molecule has 1 aromatic carbocycles. The Morgan fingerprint density at radius 2 is 2.04 bits per heavy atom. The van der Waals surface area contributed by atoms with Gasteiger partial charge in [0.2, 0.25) is 0 Å². The molecule has 0 saturated heterocycles. The second kappa shape index (κ2) is 9.31. The van der Waals surface area contributed by atoms with Gasteiger partial charge in [-0.15, -0.1) is 0 Å². The molecule has 0 aliphatic heterocycles. The zero-order valence-electron chi connectivity index (χ0n) is 14.2. The summed E-state index contributed by atoms with van der Waals surface area (Å²) in [5, 5.41) is 5.05. The number of fused-ring (bicyclic) bond motifs is 1. The Morgan fingerprint density at radius 3 is 2.76 bits per heavy atom. The molecule has 136 valence electrons. The number of amides is 3. The van der Waals surface area contributed by atoms with Crippen LogP contribution in [0.4, 0.5) is 10.5 Å². The molecule has 0 fully saturated rings. The number of hydrogen-bond acceptors (Lipinski definition) is 5. The predicted molar refractivity (Wildman–Crippen MR) is 97.6 cm³/mol. The van der Waals surface area contributed by atoms with Crippen LogP contribution in [0.15, 0.2) is 18.2 Å². The molecule has 0 spiro atoms. The number of aryl methyl sites for hydroxylation is 2. The maximum atomic E-state index is 12.0. The highest BCUT2D eigenvalue weighted by Gasteiger charge is 2.22. The number of ether oxygens (including phenoxy) is 1. The topological polar surface area (TPSA) is 111 Å². The first kappa shape index (κ1) is 19.1. The minimum absolute atomic E-state index is 0.384. The van der Waals surface area contributed by atoms with Crippen LogP contribution >= 0.6 is 11.8 Å². The van der Waals surface area contributed by atoms with Crippen molar-refractivity contribution >= 4 is 35.4 Å². The standard InChI is InChI=1S/C17H23N3O4S/c1-25-8-7-14(20-17(18)23)16(22)24-10-15(21)19-13-6-5-11-3-2-4-12(11)9-13/h5-6,9,14H,2-4,7-8,10H2,1H3,(H,19,21)(H3,18,20,23)/t14-/m0/s1. The Hall–Kier alpha value is -2.22. The Bertz CT molecular complexity index is 651. The molecular formula is C17H23N3O4S. The molecule has 0 bridgehead atoms. The number of carbonyl (C=O) groups is 3. The van der Waals surface area contributed by atoms with Gasteiger partial charge in [-0.1, -0.05) is 6.07 Å². The SMILES string of the molecule is CSCC[C@H](NC(N)=O)C(=O)OCC(=O)Nc1ccc2c(c1)CCC2. The van der Waals surface area contributed by atoms with E-state index in [1.54, 1.807) is 0 Å². The first-order valence-corrected chi connectivity index (χ1v) is 9.52. The van der Waals surface area contributed by atoms with Gasteiger partial charge in [-0.2, -0.15) is 11.8 Å².